The Kier molecular flexibility index (Phi) is 3.78. The topological polar surface area (TPSA) is 36.4 Å². The van der Waals surface area contributed by atoms with Crippen LogP contribution in [0.1, 0.15) is 32.1 Å². The highest BCUT2D eigenvalue weighted by Crippen LogP contribution is 2.21. The Labute approximate surface area is 119 Å². The fraction of sp³-hybridized carbons (Fsp3) is 0.467. The molecule has 1 unspecified atom stereocenters. The molecule has 0 bridgehead atoms. The molecule has 3 nitrogen and oxygen atoms in total. The molecule has 0 radical (unpaired) electrons. The molecule has 1 fully saturated rings. The van der Waals surface area contributed by atoms with Gasteiger partial charge < -0.3 is 10.6 Å². The van der Waals surface area contributed by atoms with E-state index in [9.17, 15) is 0 Å². The second-order valence-electron chi connectivity index (χ2n) is 5.30. The Hall–Kier alpha value is -1.42. The number of allylic oxidation sites excluding steroid dienone is 2. The van der Waals surface area contributed by atoms with Crippen LogP contribution in [0.2, 0.25) is 0 Å². The molecule has 4 heteroatoms. The molecule has 100 valence electrons. The molecule has 19 heavy (non-hydrogen) atoms. The molecule has 0 amide bonds. The zero-order valence-electron chi connectivity index (χ0n) is 10.9. The van der Waals surface area contributed by atoms with E-state index in [2.05, 4.69) is 33.9 Å². The fourth-order valence-electron chi connectivity index (χ4n) is 2.80. The number of fused-ring (bicyclic) bond motifs is 1. The zero-order valence-corrected chi connectivity index (χ0v) is 11.7. The van der Waals surface area contributed by atoms with Gasteiger partial charge in [-0.05, 0) is 48.9 Å². The molecule has 0 aromatic heterocycles. The highest BCUT2D eigenvalue weighted by molar-refractivity contribution is 7.80. The summed E-state index contributed by atoms with van der Waals surface area (Å²) < 4.78 is 0. The van der Waals surface area contributed by atoms with Gasteiger partial charge in [-0.3, -0.25) is 4.99 Å². The predicted octanol–water partition coefficient (Wildman–Crippen LogP) is 2.62. The summed E-state index contributed by atoms with van der Waals surface area (Å²) in [6.45, 7) is 0. The molecular weight excluding hydrogens is 254 g/mol. The highest BCUT2D eigenvalue weighted by Gasteiger charge is 2.17. The van der Waals surface area contributed by atoms with Gasteiger partial charge >= 0.3 is 0 Å². The van der Waals surface area contributed by atoms with Crippen molar-refractivity contribution in [2.75, 3.05) is 0 Å². The van der Waals surface area contributed by atoms with Gasteiger partial charge in [0.2, 0.25) is 0 Å². The molecule has 0 spiro atoms. The maximum absolute atomic E-state index is 5.39. The number of nitrogens with zero attached hydrogens (tertiary/aromatic N) is 1. The van der Waals surface area contributed by atoms with Crippen LogP contribution < -0.4 is 10.6 Å². The van der Waals surface area contributed by atoms with E-state index in [1.165, 1.54) is 37.7 Å². The quantitative estimate of drug-likeness (QED) is 0.759. The zero-order chi connectivity index (χ0) is 13.1. The first-order valence-electron chi connectivity index (χ1n) is 7.02. The molecule has 1 heterocycles. The second kappa shape index (κ2) is 5.70. The van der Waals surface area contributed by atoms with Crippen molar-refractivity contribution >= 4 is 23.5 Å². The van der Waals surface area contributed by atoms with Crippen molar-refractivity contribution in [3.63, 3.8) is 0 Å². The van der Waals surface area contributed by atoms with Gasteiger partial charge in [0.05, 0.1) is 6.04 Å². The summed E-state index contributed by atoms with van der Waals surface area (Å²) in [7, 11) is 0. The highest BCUT2D eigenvalue weighted by atomic mass is 32.1. The number of rotatable bonds is 2. The van der Waals surface area contributed by atoms with Gasteiger partial charge in [-0.1, -0.05) is 25.3 Å². The molecule has 3 rings (SSSR count). The van der Waals surface area contributed by atoms with Gasteiger partial charge in [0, 0.05) is 18.0 Å². The summed E-state index contributed by atoms with van der Waals surface area (Å²) in [5, 5.41) is 7.43. The van der Waals surface area contributed by atoms with Crippen molar-refractivity contribution in [1.82, 2.24) is 10.6 Å². The summed E-state index contributed by atoms with van der Waals surface area (Å²) in [6, 6.07) is 0.758. The third-order valence-electron chi connectivity index (χ3n) is 3.83. The standard InChI is InChI=1S/C15H19N3S/c19-15(17-12-4-2-1-3-5-12)18-13-6-7-14-11(10-13)8-9-16-14/h6-10,12,14H,1-5H2,(H2,17,18,19). The maximum Gasteiger partial charge on any atom is 0.170 e. The minimum absolute atomic E-state index is 0.213. The van der Waals surface area contributed by atoms with Crippen LogP contribution in [0.5, 0.6) is 0 Å². The number of hydrogen-bond donors (Lipinski definition) is 2. The Morgan fingerprint density at radius 2 is 2.11 bits per heavy atom. The fourth-order valence-corrected chi connectivity index (χ4v) is 3.09. The summed E-state index contributed by atoms with van der Waals surface area (Å²) in [6.07, 6.45) is 16.6. The molecule has 0 aromatic rings. The Morgan fingerprint density at radius 3 is 2.95 bits per heavy atom. The normalized spacial score (nSPS) is 25.6. The molecule has 1 atom stereocenters. The Bertz CT molecular complexity index is 482. The van der Waals surface area contributed by atoms with Crippen molar-refractivity contribution in [2.45, 2.75) is 44.2 Å². The average Bonchev–Trinajstić information content (AvgIpc) is 2.87. The molecule has 0 aromatic carbocycles. The minimum atomic E-state index is 0.213. The van der Waals surface area contributed by atoms with Crippen molar-refractivity contribution < 1.29 is 0 Å². The van der Waals surface area contributed by atoms with E-state index in [4.69, 9.17) is 12.2 Å². The van der Waals surface area contributed by atoms with Gasteiger partial charge in [-0.25, -0.2) is 0 Å². The molecule has 0 saturated heterocycles. The van der Waals surface area contributed by atoms with Crippen LogP contribution in [0.3, 0.4) is 0 Å². The molecule has 1 aliphatic heterocycles. The first-order valence-corrected chi connectivity index (χ1v) is 7.43. The largest absolute Gasteiger partial charge is 0.360 e. The van der Waals surface area contributed by atoms with Crippen molar-refractivity contribution in [2.24, 2.45) is 4.99 Å². The van der Waals surface area contributed by atoms with Crippen molar-refractivity contribution in [1.29, 1.82) is 0 Å². The lowest BCUT2D eigenvalue weighted by molar-refractivity contribution is 0.413. The van der Waals surface area contributed by atoms with E-state index in [0.717, 1.165) is 10.8 Å². The molecule has 1 saturated carbocycles. The second-order valence-corrected chi connectivity index (χ2v) is 5.71. The Balaban J connectivity index is 1.54. The molecule has 3 aliphatic rings. The molecule has 2 N–H and O–H groups in total. The van der Waals surface area contributed by atoms with Crippen molar-refractivity contribution in [3.8, 4) is 0 Å². The predicted molar refractivity (Wildman–Crippen MR) is 83.3 cm³/mol. The van der Waals surface area contributed by atoms with E-state index in [-0.39, 0.29) is 6.04 Å². The van der Waals surface area contributed by atoms with Gasteiger partial charge in [-0.15, -0.1) is 0 Å². The molecular formula is C15H19N3S. The van der Waals surface area contributed by atoms with Gasteiger partial charge in [-0.2, -0.15) is 0 Å². The maximum atomic E-state index is 5.39. The van der Waals surface area contributed by atoms with Crippen LogP contribution in [0, 0.1) is 0 Å². The van der Waals surface area contributed by atoms with Gasteiger partial charge in [0.15, 0.2) is 5.11 Å². The van der Waals surface area contributed by atoms with E-state index in [1.807, 2.05) is 12.3 Å². The van der Waals surface area contributed by atoms with Crippen LogP contribution >= 0.6 is 12.2 Å². The third kappa shape index (κ3) is 3.13. The van der Waals surface area contributed by atoms with Crippen LogP contribution in [0.15, 0.2) is 40.6 Å². The molecule has 2 aliphatic carbocycles. The summed E-state index contributed by atoms with van der Waals surface area (Å²) in [5.74, 6) is 0. The lowest BCUT2D eigenvalue weighted by Crippen LogP contribution is -2.42. The SMILES string of the molecule is S=C(NC1=CC2=CC=NC2C=C1)NC1CCCCC1. The van der Waals surface area contributed by atoms with Crippen LogP contribution in [0.4, 0.5) is 0 Å². The van der Waals surface area contributed by atoms with Crippen molar-refractivity contribution in [3.05, 3.63) is 35.6 Å². The minimum Gasteiger partial charge on any atom is -0.360 e. The Morgan fingerprint density at radius 1 is 1.26 bits per heavy atom. The summed E-state index contributed by atoms with van der Waals surface area (Å²) in [4.78, 5) is 4.34. The summed E-state index contributed by atoms with van der Waals surface area (Å²) in [5.41, 5.74) is 2.27. The lowest BCUT2D eigenvalue weighted by Gasteiger charge is -2.25. The first-order chi connectivity index (χ1) is 9.31. The number of hydrogen-bond acceptors (Lipinski definition) is 2. The van der Waals surface area contributed by atoms with Crippen LogP contribution in [-0.4, -0.2) is 23.4 Å². The number of thiocarbonyl (C=S) groups is 1. The van der Waals surface area contributed by atoms with E-state index in [1.54, 1.807) is 0 Å². The van der Waals surface area contributed by atoms with Crippen LogP contribution in [-0.2, 0) is 0 Å². The van der Waals surface area contributed by atoms with E-state index in [0.29, 0.717) is 6.04 Å². The van der Waals surface area contributed by atoms with E-state index < -0.39 is 0 Å². The summed E-state index contributed by atoms with van der Waals surface area (Å²) >= 11 is 5.39. The van der Waals surface area contributed by atoms with Gasteiger partial charge in [0.25, 0.3) is 0 Å². The van der Waals surface area contributed by atoms with Gasteiger partial charge in [0.1, 0.15) is 0 Å². The number of nitrogens with one attached hydrogen (secondary N) is 2. The monoisotopic (exact) mass is 273 g/mol. The lowest BCUT2D eigenvalue weighted by atomic mass is 9.96. The average molecular weight is 273 g/mol. The first kappa shape index (κ1) is 12.6. The number of aliphatic imine (C=N–C) groups is 1. The van der Waals surface area contributed by atoms with E-state index >= 15 is 0 Å². The smallest absolute Gasteiger partial charge is 0.170 e. The van der Waals surface area contributed by atoms with Crippen LogP contribution in [0.25, 0.3) is 0 Å². The third-order valence-corrected chi connectivity index (χ3v) is 4.05.